The molecule has 2 aromatic heterocycles. The van der Waals surface area contributed by atoms with E-state index in [-0.39, 0.29) is 0 Å². The minimum absolute atomic E-state index is 0.295. The maximum atomic E-state index is 12.1. The van der Waals surface area contributed by atoms with Crippen molar-refractivity contribution in [3.63, 3.8) is 0 Å². The van der Waals surface area contributed by atoms with Crippen molar-refractivity contribution in [3.05, 3.63) is 54.0 Å². The van der Waals surface area contributed by atoms with Crippen LogP contribution in [0.15, 0.2) is 42.9 Å². The number of carbonyl (C=O) groups excluding carboxylic acids is 1. The lowest BCUT2D eigenvalue weighted by Gasteiger charge is -2.05. The van der Waals surface area contributed by atoms with Crippen LogP contribution in [0.1, 0.15) is 15.9 Å². The van der Waals surface area contributed by atoms with Gasteiger partial charge in [0.15, 0.2) is 5.82 Å². The summed E-state index contributed by atoms with van der Waals surface area (Å²) in [4.78, 5) is 26.5. The van der Waals surface area contributed by atoms with Gasteiger partial charge in [-0.3, -0.25) is 9.78 Å². The molecule has 20 heavy (non-hydrogen) atoms. The Balaban J connectivity index is 2.24. The molecule has 0 aromatic carbocycles. The summed E-state index contributed by atoms with van der Waals surface area (Å²) in [6, 6.07) is 4.73. The SMILES string of the molecule is O=C(O)/C=C/c1cnccc1C(=O)Nc1cccnn1. The van der Waals surface area contributed by atoms with Crippen LogP contribution in [0.25, 0.3) is 6.08 Å². The Labute approximate surface area is 114 Å². The van der Waals surface area contributed by atoms with E-state index in [0.717, 1.165) is 6.08 Å². The van der Waals surface area contributed by atoms with Crippen LogP contribution in [0, 0.1) is 0 Å². The molecular weight excluding hydrogens is 260 g/mol. The Morgan fingerprint density at radius 1 is 1.25 bits per heavy atom. The van der Waals surface area contributed by atoms with Gasteiger partial charge in [0.1, 0.15) is 0 Å². The Bertz CT molecular complexity index is 656. The first-order valence-electron chi connectivity index (χ1n) is 5.61. The fourth-order valence-corrected chi connectivity index (χ4v) is 1.46. The molecule has 0 radical (unpaired) electrons. The first-order valence-corrected chi connectivity index (χ1v) is 5.61. The lowest BCUT2D eigenvalue weighted by Crippen LogP contribution is -2.14. The molecular formula is C13H10N4O3. The highest BCUT2D eigenvalue weighted by Crippen LogP contribution is 2.11. The van der Waals surface area contributed by atoms with Crippen molar-refractivity contribution in [3.8, 4) is 0 Å². The van der Waals surface area contributed by atoms with Gasteiger partial charge in [-0.2, -0.15) is 5.10 Å². The molecule has 0 aliphatic rings. The monoisotopic (exact) mass is 270 g/mol. The largest absolute Gasteiger partial charge is 0.478 e. The van der Waals surface area contributed by atoms with Crippen molar-refractivity contribution < 1.29 is 14.7 Å². The van der Waals surface area contributed by atoms with E-state index in [1.54, 1.807) is 12.1 Å². The van der Waals surface area contributed by atoms with Crippen LogP contribution in [-0.4, -0.2) is 32.2 Å². The number of hydrogen-bond acceptors (Lipinski definition) is 5. The first kappa shape index (κ1) is 13.3. The number of carbonyl (C=O) groups is 2. The summed E-state index contributed by atoms with van der Waals surface area (Å²) in [6.07, 6.45) is 6.59. The van der Waals surface area contributed by atoms with Crippen LogP contribution in [0.2, 0.25) is 0 Å². The molecule has 2 rings (SSSR count). The van der Waals surface area contributed by atoms with E-state index in [4.69, 9.17) is 5.11 Å². The third-order valence-electron chi connectivity index (χ3n) is 2.32. The highest BCUT2D eigenvalue weighted by molar-refractivity contribution is 6.06. The van der Waals surface area contributed by atoms with Crippen molar-refractivity contribution in [2.45, 2.75) is 0 Å². The molecule has 0 fully saturated rings. The zero-order valence-electron chi connectivity index (χ0n) is 10.2. The van der Waals surface area contributed by atoms with Crippen LogP contribution in [0.3, 0.4) is 0 Å². The third-order valence-corrected chi connectivity index (χ3v) is 2.32. The minimum Gasteiger partial charge on any atom is -0.478 e. The normalized spacial score (nSPS) is 10.4. The van der Waals surface area contributed by atoms with Crippen molar-refractivity contribution in [1.29, 1.82) is 0 Å². The molecule has 100 valence electrons. The molecule has 0 spiro atoms. The Morgan fingerprint density at radius 2 is 2.10 bits per heavy atom. The predicted molar refractivity (Wildman–Crippen MR) is 70.9 cm³/mol. The fraction of sp³-hybridized carbons (Fsp3) is 0. The topological polar surface area (TPSA) is 105 Å². The summed E-state index contributed by atoms with van der Waals surface area (Å²) < 4.78 is 0. The summed E-state index contributed by atoms with van der Waals surface area (Å²) in [6.45, 7) is 0. The van der Waals surface area contributed by atoms with Gasteiger partial charge in [-0.25, -0.2) is 4.79 Å². The Hall–Kier alpha value is -3.09. The van der Waals surface area contributed by atoms with Crippen molar-refractivity contribution in [2.75, 3.05) is 5.32 Å². The predicted octanol–water partition coefficient (Wildman–Crippen LogP) is 1.22. The lowest BCUT2D eigenvalue weighted by atomic mass is 10.1. The molecule has 2 N–H and O–H groups in total. The maximum Gasteiger partial charge on any atom is 0.328 e. The van der Waals surface area contributed by atoms with Gasteiger partial charge in [0.05, 0.1) is 5.56 Å². The van der Waals surface area contributed by atoms with Gasteiger partial charge < -0.3 is 10.4 Å². The van der Waals surface area contributed by atoms with E-state index in [0.29, 0.717) is 16.9 Å². The van der Waals surface area contributed by atoms with Crippen LogP contribution < -0.4 is 5.32 Å². The Kier molecular flexibility index (Phi) is 4.13. The van der Waals surface area contributed by atoms with E-state index in [1.807, 2.05) is 0 Å². The fourth-order valence-electron chi connectivity index (χ4n) is 1.46. The zero-order valence-corrected chi connectivity index (χ0v) is 10.2. The van der Waals surface area contributed by atoms with Gasteiger partial charge in [0.2, 0.25) is 0 Å². The average molecular weight is 270 g/mol. The molecule has 0 saturated carbocycles. The van der Waals surface area contributed by atoms with E-state index in [2.05, 4.69) is 20.5 Å². The molecule has 0 unspecified atom stereocenters. The zero-order chi connectivity index (χ0) is 14.4. The van der Waals surface area contributed by atoms with Gasteiger partial charge in [-0.15, -0.1) is 5.10 Å². The second kappa shape index (κ2) is 6.19. The summed E-state index contributed by atoms with van der Waals surface area (Å²) in [7, 11) is 0. The number of carboxylic acid groups (broad SMARTS) is 1. The molecule has 1 amide bonds. The van der Waals surface area contributed by atoms with E-state index < -0.39 is 11.9 Å². The van der Waals surface area contributed by atoms with E-state index in [1.165, 1.54) is 30.7 Å². The molecule has 0 saturated heterocycles. The number of pyridine rings is 1. The molecule has 0 aliphatic heterocycles. The van der Waals surface area contributed by atoms with Crippen molar-refractivity contribution >= 4 is 23.8 Å². The number of rotatable bonds is 4. The molecule has 2 aromatic rings. The molecule has 7 heteroatoms. The van der Waals surface area contributed by atoms with Gasteiger partial charge in [0.25, 0.3) is 5.91 Å². The third kappa shape index (κ3) is 3.45. The number of anilines is 1. The highest BCUT2D eigenvalue weighted by atomic mass is 16.4. The van der Waals surface area contributed by atoms with Crippen LogP contribution in [0.4, 0.5) is 5.82 Å². The number of aromatic nitrogens is 3. The highest BCUT2D eigenvalue weighted by Gasteiger charge is 2.10. The smallest absolute Gasteiger partial charge is 0.328 e. The molecule has 0 bridgehead atoms. The van der Waals surface area contributed by atoms with E-state index in [9.17, 15) is 9.59 Å². The standard InChI is InChI=1S/C13H10N4O3/c18-12(19)4-3-9-8-14-7-5-10(9)13(20)16-11-2-1-6-15-17-11/h1-8H,(H,18,19)(H,16,17,20)/b4-3+. The number of nitrogens with one attached hydrogen (secondary N) is 1. The van der Waals surface area contributed by atoms with Crippen LogP contribution in [0.5, 0.6) is 0 Å². The summed E-state index contributed by atoms with van der Waals surface area (Å²) in [5.74, 6) is -1.21. The molecule has 0 atom stereocenters. The van der Waals surface area contributed by atoms with Crippen LogP contribution in [-0.2, 0) is 4.79 Å². The van der Waals surface area contributed by atoms with Gasteiger partial charge >= 0.3 is 5.97 Å². The molecule has 0 aliphatic carbocycles. The number of hydrogen-bond donors (Lipinski definition) is 2. The Morgan fingerprint density at radius 3 is 2.80 bits per heavy atom. The van der Waals surface area contributed by atoms with Gasteiger partial charge in [-0.1, -0.05) is 0 Å². The van der Waals surface area contributed by atoms with Crippen molar-refractivity contribution in [1.82, 2.24) is 15.2 Å². The summed E-state index contributed by atoms with van der Waals surface area (Å²) >= 11 is 0. The maximum absolute atomic E-state index is 12.1. The van der Waals surface area contributed by atoms with Gasteiger partial charge in [-0.05, 0) is 24.3 Å². The minimum atomic E-state index is -1.10. The van der Waals surface area contributed by atoms with Crippen molar-refractivity contribution in [2.24, 2.45) is 0 Å². The molecule has 7 nitrogen and oxygen atoms in total. The number of aliphatic carboxylic acids is 1. The lowest BCUT2D eigenvalue weighted by molar-refractivity contribution is -0.131. The number of nitrogens with zero attached hydrogens (tertiary/aromatic N) is 3. The van der Waals surface area contributed by atoms with Crippen LogP contribution >= 0.6 is 0 Å². The van der Waals surface area contributed by atoms with E-state index >= 15 is 0 Å². The second-order valence-electron chi connectivity index (χ2n) is 3.70. The number of carboxylic acids is 1. The second-order valence-corrected chi connectivity index (χ2v) is 3.70. The van der Waals surface area contributed by atoms with Gasteiger partial charge in [0, 0.05) is 30.2 Å². The number of amides is 1. The quantitative estimate of drug-likeness (QED) is 0.809. The molecule has 2 heterocycles. The summed E-state index contributed by atoms with van der Waals surface area (Å²) in [5, 5.41) is 18.6. The first-order chi connectivity index (χ1) is 9.66. The average Bonchev–Trinajstić information content (AvgIpc) is 2.46. The summed E-state index contributed by atoms with van der Waals surface area (Å²) in [5.41, 5.74) is 0.694.